The Morgan fingerprint density at radius 3 is 2.82 bits per heavy atom. The zero-order valence-corrected chi connectivity index (χ0v) is 10.7. The maximum absolute atomic E-state index is 3.50. The van der Waals surface area contributed by atoms with Gasteiger partial charge in [0, 0.05) is 18.0 Å². The van der Waals surface area contributed by atoms with Crippen LogP contribution in [0.2, 0.25) is 0 Å². The van der Waals surface area contributed by atoms with Crippen molar-refractivity contribution in [3.8, 4) is 0 Å². The predicted octanol–water partition coefficient (Wildman–Crippen LogP) is 3.92. The lowest BCUT2D eigenvalue weighted by Gasteiger charge is -2.05. The van der Waals surface area contributed by atoms with Gasteiger partial charge in [-0.05, 0) is 41.3 Å². The Kier molecular flexibility index (Phi) is 3.25. The first-order chi connectivity index (χ1) is 8.42. The normalized spacial score (nSPS) is 15.1. The largest absolute Gasteiger partial charge is 0.308 e. The number of hydrogen-bond donors (Lipinski definition) is 1. The van der Waals surface area contributed by atoms with E-state index in [1.807, 2.05) is 11.3 Å². The number of hydrogen-bond acceptors (Lipinski definition) is 2. The molecule has 1 saturated carbocycles. The molecule has 0 aliphatic heterocycles. The Morgan fingerprint density at radius 1 is 1.12 bits per heavy atom. The van der Waals surface area contributed by atoms with E-state index < -0.39 is 0 Å². The molecular formula is C15H17NS. The molecule has 0 saturated heterocycles. The lowest BCUT2D eigenvalue weighted by Crippen LogP contribution is -2.11. The number of nitrogens with one attached hydrogen (secondary N) is 1. The smallest absolute Gasteiger partial charge is 0.0302 e. The summed E-state index contributed by atoms with van der Waals surface area (Å²) < 4.78 is 0. The quantitative estimate of drug-likeness (QED) is 0.839. The van der Waals surface area contributed by atoms with Gasteiger partial charge < -0.3 is 5.32 Å². The van der Waals surface area contributed by atoms with Gasteiger partial charge in [-0.1, -0.05) is 30.3 Å². The Morgan fingerprint density at radius 2 is 2.06 bits per heavy atom. The van der Waals surface area contributed by atoms with Crippen LogP contribution in [-0.4, -0.2) is 0 Å². The van der Waals surface area contributed by atoms with Gasteiger partial charge in [-0.25, -0.2) is 0 Å². The first-order valence-electron chi connectivity index (χ1n) is 6.24. The van der Waals surface area contributed by atoms with Crippen molar-refractivity contribution < 1.29 is 0 Å². The van der Waals surface area contributed by atoms with Crippen LogP contribution in [0.25, 0.3) is 0 Å². The van der Waals surface area contributed by atoms with E-state index in [4.69, 9.17) is 0 Å². The van der Waals surface area contributed by atoms with Gasteiger partial charge in [0.1, 0.15) is 0 Å². The van der Waals surface area contributed by atoms with E-state index in [2.05, 4.69) is 47.1 Å². The zero-order chi connectivity index (χ0) is 11.5. The Hall–Kier alpha value is -1.12. The fourth-order valence-corrected chi connectivity index (χ4v) is 2.79. The predicted molar refractivity (Wildman–Crippen MR) is 73.3 cm³/mol. The van der Waals surface area contributed by atoms with Gasteiger partial charge in [-0.15, -0.1) is 11.3 Å². The molecule has 1 nitrogen and oxygen atoms in total. The Bertz CT molecular complexity index is 471. The van der Waals surface area contributed by atoms with E-state index >= 15 is 0 Å². The highest BCUT2D eigenvalue weighted by Gasteiger charge is 2.23. The van der Waals surface area contributed by atoms with Crippen LogP contribution in [0.5, 0.6) is 0 Å². The summed E-state index contributed by atoms with van der Waals surface area (Å²) in [6, 6.07) is 13.3. The van der Waals surface area contributed by atoms with Crippen molar-refractivity contribution in [2.24, 2.45) is 0 Å². The average molecular weight is 243 g/mol. The molecule has 1 aliphatic carbocycles. The molecular weight excluding hydrogens is 226 g/mol. The first kappa shape index (κ1) is 11.0. The molecule has 2 heteroatoms. The summed E-state index contributed by atoms with van der Waals surface area (Å²) in [5.74, 6) is 0.854. The molecule has 0 amide bonds. The summed E-state index contributed by atoms with van der Waals surface area (Å²) in [5.41, 5.74) is 2.94. The Labute approximate surface area is 106 Å². The third kappa shape index (κ3) is 2.96. The van der Waals surface area contributed by atoms with Gasteiger partial charge in [0.2, 0.25) is 0 Å². The van der Waals surface area contributed by atoms with Gasteiger partial charge in [0.05, 0.1) is 0 Å². The summed E-state index contributed by atoms with van der Waals surface area (Å²) in [6.07, 6.45) is 2.76. The van der Waals surface area contributed by atoms with E-state index in [-0.39, 0.29) is 0 Å². The Balaban J connectivity index is 1.55. The van der Waals surface area contributed by atoms with Gasteiger partial charge in [-0.2, -0.15) is 0 Å². The van der Waals surface area contributed by atoms with Crippen LogP contribution >= 0.6 is 11.3 Å². The molecule has 0 atom stereocenters. The van der Waals surface area contributed by atoms with Crippen molar-refractivity contribution in [3.05, 3.63) is 57.8 Å². The molecule has 2 aromatic rings. The summed E-state index contributed by atoms with van der Waals surface area (Å²) in [7, 11) is 0. The third-order valence-electron chi connectivity index (χ3n) is 3.21. The SMILES string of the molecule is c1cc(CNCc2cccs2)cc(C2CC2)c1. The number of benzene rings is 1. The highest BCUT2D eigenvalue weighted by Crippen LogP contribution is 2.40. The van der Waals surface area contributed by atoms with E-state index in [1.165, 1.54) is 28.8 Å². The molecule has 1 aromatic carbocycles. The van der Waals surface area contributed by atoms with Crippen molar-refractivity contribution in [3.63, 3.8) is 0 Å². The van der Waals surface area contributed by atoms with Crippen LogP contribution in [0.4, 0.5) is 0 Å². The molecule has 0 spiro atoms. The molecule has 1 N–H and O–H groups in total. The fraction of sp³-hybridized carbons (Fsp3) is 0.333. The van der Waals surface area contributed by atoms with Gasteiger partial charge in [-0.3, -0.25) is 0 Å². The molecule has 17 heavy (non-hydrogen) atoms. The standard InChI is InChI=1S/C15H17NS/c1-3-12(9-14(4-1)13-6-7-13)10-16-11-15-5-2-8-17-15/h1-5,8-9,13,16H,6-7,10-11H2. The fourth-order valence-electron chi connectivity index (χ4n) is 2.12. The molecule has 0 radical (unpaired) electrons. The second kappa shape index (κ2) is 5.03. The summed E-state index contributed by atoms with van der Waals surface area (Å²) in [4.78, 5) is 1.41. The van der Waals surface area contributed by atoms with Gasteiger partial charge in [0.25, 0.3) is 0 Å². The van der Waals surface area contributed by atoms with Crippen LogP contribution in [0.1, 0.15) is 34.8 Å². The molecule has 3 rings (SSSR count). The maximum atomic E-state index is 3.50. The van der Waals surface area contributed by atoms with E-state index in [9.17, 15) is 0 Å². The first-order valence-corrected chi connectivity index (χ1v) is 7.12. The third-order valence-corrected chi connectivity index (χ3v) is 4.08. The zero-order valence-electron chi connectivity index (χ0n) is 9.86. The molecule has 88 valence electrons. The number of thiophene rings is 1. The summed E-state index contributed by atoms with van der Waals surface area (Å²) in [5, 5.41) is 5.63. The highest BCUT2D eigenvalue weighted by atomic mass is 32.1. The van der Waals surface area contributed by atoms with E-state index in [0.717, 1.165) is 19.0 Å². The van der Waals surface area contributed by atoms with Crippen molar-refractivity contribution in [2.45, 2.75) is 31.8 Å². The topological polar surface area (TPSA) is 12.0 Å². The minimum absolute atomic E-state index is 0.854. The average Bonchev–Trinajstić information content (AvgIpc) is 3.09. The van der Waals surface area contributed by atoms with E-state index in [0.29, 0.717) is 0 Å². The second-order valence-electron chi connectivity index (χ2n) is 4.70. The summed E-state index contributed by atoms with van der Waals surface area (Å²) in [6.45, 7) is 1.95. The van der Waals surface area contributed by atoms with Crippen molar-refractivity contribution in [1.29, 1.82) is 0 Å². The van der Waals surface area contributed by atoms with Gasteiger partial charge in [0.15, 0.2) is 0 Å². The minimum Gasteiger partial charge on any atom is -0.308 e. The summed E-state index contributed by atoms with van der Waals surface area (Å²) >= 11 is 1.81. The van der Waals surface area contributed by atoms with Crippen LogP contribution in [0.15, 0.2) is 41.8 Å². The van der Waals surface area contributed by atoms with Gasteiger partial charge >= 0.3 is 0 Å². The van der Waals surface area contributed by atoms with Crippen LogP contribution in [0, 0.1) is 0 Å². The van der Waals surface area contributed by atoms with Crippen LogP contribution in [0.3, 0.4) is 0 Å². The van der Waals surface area contributed by atoms with E-state index in [1.54, 1.807) is 0 Å². The van der Waals surface area contributed by atoms with Crippen molar-refractivity contribution in [2.75, 3.05) is 0 Å². The van der Waals surface area contributed by atoms with Crippen LogP contribution < -0.4 is 5.32 Å². The van der Waals surface area contributed by atoms with Crippen LogP contribution in [-0.2, 0) is 13.1 Å². The van der Waals surface area contributed by atoms with Crippen molar-refractivity contribution in [1.82, 2.24) is 5.32 Å². The molecule has 1 aromatic heterocycles. The maximum Gasteiger partial charge on any atom is 0.0302 e. The molecule has 1 aliphatic rings. The highest BCUT2D eigenvalue weighted by molar-refractivity contribution is 7.09. The molecule has 1 heterocycles. The lowest BCUT2D eigenvalue weighted by atomic mass is 10.1. The van der Waals surface area contributed by atoms with Crippen molar-refractivity contribution >= 4 is 11.3 Å². The molecule has 0 unspecified atom stereocenters. The molecule has 1 fully saturated rings. The minimum atomic E-state index is 0.854. The lowest BCUT2D eigenvalue weighted by molar-refractivity contribution is 0.700. The number of rotatable bonds is 5. The second-order valence-corrected chi connectivity index (χ2v) is 5.73. The molecule has 0 bridgehead atoms. The monoisotopic (exact) mass is 243 g/mol.